The Balaban J connectivity index is 1.91. The molecule has 1 aliphatic heterocycles. The van der Waals surface area contributed by atoms with Gasteiger partial charge in [-0.1, -0.05) is 12.1 Å². The predicted molar refractivity (Wildman–Crippen MR) is 75.7 cm³/mol. The highest BCUT2D eigenvalue weighted by Crippen LogP contribution is 2.38. The number of amides is 1. The molecule has 1 aliphatic rings. The number of benzene rings is 1. The number of carbonyl (C=O) groups excluding carboxylic acids is 1. The second-order valence-electron chi connectivity index (χ2n) is 5.57. The van der Waals surface area contributed by atoms with Gasteiger partial charge in [-0.15, -0.1) is 5.10 Å². The number of alkyl halides is 3. The van der Waals surface area contributed by atoms with E-state index in [0.29, 0.717) is 5.69 Å². The maximum absolute atomic E-state index is 13.1. The molecule has 2 atom stereocenters. The highest BCUT2D eigenvalue weighted by Gasteiger charge is 2.53. The first kappa shape index (κ1) is 16.9. The zero-order valence-corrected chi connectivity index (χ0v) is 12.6. The first-order valence-corrected chi connectivity index (χ1v) is 7.20. The highest BCUT2D eigenvalue weighted by atomic mass is 19.4. The molecule has 132 valence electrons. The molecule has 3 rings (SSSR count). The van der Waals surface area contributed by atoms with Gasteiger partial charge in [0.2, 0.25) is 0 Å². The van der Waals surface area contributed by atoms with Crippen LogP contribution in [0.4, 0.5) is 13.2 Å². The van der Waals surface area contributed by atoms with E-state index in [2.05, 4.69) is 15.5 Å². The lowest BCUT2D eigenvalue weighted by Crippen LogP contribution is -2.34. The Labute approximate surface area is 138 Å². The van der Waals surface area contributed by atoms with Gasteiger partial charge in [-0.05, 0) is 22.6 Å². The van der Waals surface area contributed by atoms with Gasteiger partial charge in [0.1, 0.15) is 6.33 Å². The Bertz CT molecular complexity index is 793. The zero-order valence-electron chi connectivity index (χ0n) is 12.6. The summed E-state index contributed by atoms with van der Waals surface area (Å²) in [5.41, 5.74) is 0.376. The van der Waals surface area contributed by atoms with Crippen LogP contribution in [0.5, 0.6) is 0 Å². The summed E-state index contributed by atoms with van der Waals surface area (Å²) >= 11 is 0. The van der Waals surface area contributed by atoms with E-state index in [4.69, 9.17) is 5.11 Å². The molecule has 1 saturated heterocycles. The SMILES string of the molecule is O=C(O)[C@@H]1CN(C(=O)c2ccccc2-n2cnnn2)C[C@H]1C(F)(F)F. The van der Waals surface area contributed by atoms with Gasteiger partial charge in [0.15, 0.2) is 0 Å². The van der Waals surface area contributed by atoms with E-state index < -0.39 is 43.0 Å². The number of halogens is 3. The standard InChI is InChI=1S/C14H12F3N5O3/c15-14(16,17)10-6-21(5-9(10)13(24)25)12(23)8-3-1-2-4-11(8)22-7-18-19-20-22/h1-4,7,9-10H,5-6H2,(H,24,25)/t9-,10-/m1/s1. The molecular weight excluding hydrogens is 343 g/mol. The maximum atomic E-state index is 13.1. The van der Waals surface area contributed by atoms with Crippen molar-refractivity contribution in [1.82, 2.24) is 25.1 Å². The number of hydrogen-bond donors (Lipinski definition) is 1. The van der Waals surface area contributed by atoms with Gasteiger partial charge < -0.3 is 10.0 Å². The van der Waals surface area contributed by atoms with E-state index >= 15 is 0 Å². The van der Waals surface area contributed by atoms with Gasteiger partial charge in [-0.25, -0.2) is 0 Å². The second kappa shape index (κ2) is 6.15. The summed E-state index contributed by atoms with van der Waals surface area (Å²) < 4.78 is 40.5. The lowest BCUT2D eigenvalue weighted by Gasteiger charge is -2.19. The van der Waals surface area contributed by atoms with Crippen LogP contribution in [0.1, 0.15) is 10.4 Å². The number of aliphatic carboxylic acids is 1. The van der Waals surface area contributed by atoms with Crippen molar-refractivity contribution in [3.63, 3.8) is 0 Å². The molecule has 1 aromatic carbocycles. The fourth-order valence-corrected chi connectivity index (χ4v) is 2.85. The molecule has 25 heavy (non-hydrogen) atoms. The molecule has 0 bridgehead atoms. The molecule has 0 spiro atoms. The molecular formula is C14H12F3N5O3. The van der Waals surface area contributed by atoms with Crippen molar-refractivity contribution in [2.24, 2.45) is 11.8 Å². The summed E-state index contributed by atoms with van der Waals surface area (Å²) in [6.45, 7) is -1.22. The van der Waals surface area contributed by atoms with E-state index in [1.165, 1.54) is 23.1 Å². The van der Waals surface area contributed by atoms with Crippen molar-refractivity contribution in [3.05, 3.63) is 36.2 Å². The molecule has 1 fully saturated rings. The first-order valence-electron chi connectivity index (χ1n) is 7.20. The zero-order chi connectivity index (χ0) is 18.2. The van der Waals surface area contributed by atoms with Crippen LogP contribution in [0.25, 0.3) is 5.69 Å². The average Bonchev–Trinajstić information content (AvgIpc) is 3.23. The van der Waals surface area contributed by atoms with Crippen molar-refractivity contribution in [3.8, 4) is 5.69 Å². The first-order chi connectivity index (χ1) is 11.8. The Morgan fingerprint density at radius 1 is 1.20 bits per heavy atom. The Morgan fingerprint density at radius 3 is 2.48 bits per heavy atom. The van der Waals surface area contributed by atoms with Crippen molar-refractivity contribution < 1.29 is 27.9 Å². The number of hydrogen-bond acceptors (Lipinski definition) is 5. The number of tetrazole rings is 1. The smallest absolute Gasteiger partial charge is 0.394 e. The molecule has 0 aliphatic carbocycles. The van der Waals surface area contributed by atoms with Gasteiger partial charge in [-0.2, -0.15) is 17.9 Å². The molecule has 1 amide bonds. The third kappa shape index (κ3) is 3.16. The molecule has 0 saturated carbocycles. The molecule has 2 heterocycles. The molecule has 2 aromatic rings. The van der Waals surface area contributed by atoms with E-state index in [1.54, 1.807) is 12.1 Å². The number of carbonyl (C=O) groups is 2. The Kier molecular flexibility index (Phi) is 4.15. The monoisotopic (exact) mass is 355 g/mol. The summed E-state index contributed by atoms with van der Waals surface area (Å²) in [5.74, 6) is -6.08. The van der Waals surface area contributed by atoms with Crippen LogP contribution in [-0.2, 0) is 4.79 Å². The van der Waals surface area contributed by atoms with E-state index in [-0.39, 0.29) is 5.56 Å². The van der Waals surface area contributed by atoms with Gasteiger partial charge in [-0.3, -0.25) is 9.59 Å². The van der Waals surface area contributed by atoms with E-state index in [0.717, 1.165) is 4.90 Å². The summed E-state index contributed by atoms with van der Waals surface area (Å²) in [6, 6.07) is 6.13. The van der Waals surface area contributed by atoms with Crippen LogP contribution in [0, 0.1) is 11.8 Å². The number of carboxylic acids is 1. The molecule has 0 unspecified atom stereocenters. The quantitative estimate of drug-likeness (QED) is 0.881. The fourth-order valence-electron chi connectivity index (χ4n) is 2.85. The molecule has 0 radical (unpaired) electrons. The molecule has 11 heteroatoms. The third-order valence-electron chi connectivity index (χ3n) is 4.08. The molecule has 8 nitrogen and oxygen atoms in total. The van der Waals surface area contributed by atoms with Crippen LogP contribution >= 0.6 is 0 Å². The lowest BCUT2D eigenvalue weighted by atomic mass is 9.96. The minimum Gasteiger partial charge on any atom is -0.481 e. The minimum absolute atomic E-state index is 0.0850. The van der Waals surface area contributed by atoms with Crippen molar-refractivity contribution in [2.75, 3.05) is 13.1 Å². The second-order valence-corrected chi connectivity index (χ2v) is 5.57. The van der Waals surface area contributed by atoms with Crippen LogP contribution in [0.2, 0.25) is 0 Å². The van der Waals surface area contributed by atoms with Crippen LogP contribution in [0.15, 0.2) is 30.6 Å². The third-order valence-corrected chi connectivity index (χ3v) is 4.08. The highest BCUT2D eigenvalue weighted by molar-refractivity contribution is 5.98. The predicted octanol–water partition coefficient (Wildman–Crippen LogP) is 0.997. The summed E-state index contributed by atoms with van der Waals surface area (Å²) in [4.78, 5) is 24.7. The lowest BCUT2D eigenvalue weighted by molar-refractivity contribution is -0.187. The van der Waals surface area contributed by atoms with Crippen LogP contribution in [0.3, 0.4) is 0 Å². The van der Waals surface area contributed by atoms with Crippen molar-refractivity contribution in [1.29, 1.82) is 0 Å². The summed E-state index contributed by atoms with van der Waals surface area (Å²) in [6.07, 6.45) is -3.46. The number of rotatable bonds is 3. The average molecular weight is 355 g/mol. The fraction of sp³-hybridized carbons (Fsp3) is 0.357. The molecule has 1 N–H and O–H groups in total. The van der Waals surface area contributed by atoms with Gasteiger partial charge >= 0.3 is 12.1 Å². The maximum Gasteiger partial charge on any atom is 0.394 e. The van der Waals surface area contributed by atoms with Gasteiger partial charge in [0, 0.05) is 13.1 Å². The minimum atomic E-state index is -4.70. The van der Waals surface area contributed by atoms with Crippen LogP contribution < -0.4 is 0 Å². The number of para-hydroxylation sites is 1. The van der Waals surface area contributed by atoms with Crippen LogP contribution in [-0.4, -0.2) is 61.4 Å². The number of aromatic nitrogens is 4. The Hall–Kier alpha value is -2.98. The summed E-state index contributed by atoms with van der Waals surface area (Å²) in [7, 11) is 0. The number of carboxylic acid groups (broad SMARTS) is 1. The van der Waals surface area contributed by atoms with E-state index in [9.17, 15) is 22.8 Å². The largest absolute Gasteiger partial charge is 0.481 e. The Morgan fingerprint density at radius 2 is 1.92 bits per heavy atom. The molecule has 1 aromatic heterocycles. The number of likely N-dealkylation sites (tertiary alicyclic amines) is 1. The van der Waals surface area contributed by atoms with Gasteiger partial charge in [0.25, 0.3) is 5.91 Å². The number of nitrogens with zero attached hydrogens (tertiary/aromatic N) is 5. The van der Waals surface area contributed by atoms with E-state index in [1.807, 2.05) is 0 Å². The van der Waals surface area contributed by atoms with Crippen molar-refractivity contribution in [2.45, 2.75) is 6.18 Å². The van der Waals surface area contributed by atoms with Gasteiger partial charge in [0.05, 0.1) is 23.1 Å². The normalized spacial score (nSPS) is 20.7. The topological polar surface area (TPSA) is 101 Å². The van der Waals surface area contributed by atoms with Crippen molar-refractivity contribution >= 4 is 11.9 Å². The summed E-state index contributed by atoms with van der Waals surface area (Å²) in [5, 5.41) is 19.6.